The maximum atomic E-state index is 9.74. The summed E-state index contributed by atoms with van der Waals surface area (Å²) in [6.07, 6.45) is 4.06. The molecule has 0 rings (SSSR count). The highest BCUT2D eigenvalue weighted by Crippen LogP contribution is 2.35. The van der Waals surface area contributed by atoms with E-state index in [4.69, 9.17) is 9.79 Å². The van der Waals surface area contributed by atoms with Crippen LogP contribution in [0.4, 0.5) is 0 Å². The molecular weight excluding hydrogens is 219 g/mol. The molecule has 0 radical (unpaired) electrons. The van der Waals surface area contributed by atoms with E-state index in [9.17, 15) is 9.36 Å². The average molecular weight is 240 g/mol. The van der Waals surface area contributed by atoms with E-state index >= 15 is 0 Å². The first-order chi connectivity index (χ1) is 6.76. The first-order valence-corrected chi connectivity index (χ1v) is 6.55. The van der Waals surface area contributed by atoms with Crippen LogP contribution in [0.3, 0.4) is 0 Å². The molecule has 0 saturated carbocycles. The van der Waals surface area contributed by atoms with Gasteiger partial charge in [-0.25, -0.2) is 4.57 Å². The zero-order valence-electron chi connectivity index (χ0n) is 9.77. The number of hydrogen-bond donors (Lipinski definition) is 2. The Morgan fingerprint density at radius 1 is 1.20 bits per heavy atom. The van der Waals surface area contributed by atoms with Crippen molar-refractivity contribution in [2.24, 2.45) is 5.92 Å². The maximum Gasteiger partial charge on any atom is 0.526 e. The van der Waals surface area contributed by atoms with E-state index < -0.39 is 13.8 Å². The van der Waals surface area contributed by atoms with Crippen molar-refractivity contribution < 1.29 is 23.7 Å². The molecule has 2 N–H and O–H groups in total. The summed E-state index contributed by atoms with van der Waals surface area (Å²) in [5, 5.41) is 0. The predicted molar refractivity (Wildman–Crippen MR) is 58.2 cm³/mol. The fourth-order valence-corrected chi connectivity index (χ4v) is 1.37. The lowest BCUT2D eigenvalue weighted by Gasteiger charge is -2.05. The Labute approximate surface area is 91.1 Å². The van der Waals surface area contributed by atoms with Gasteiger partial charge in [0.2, 0.25) is 0 Å². The molecule has 0 fully saturated rings. The summed E-state index contributed by atoms with van der Waals surface area (Å²) in [4.78, 5) is 25.5. The third-order valence-electron chi connectivity index (χ3n) is 1.98. The highest BCUT2D eigenvalue weighted by atomic mass is 31.2. The minimum atomic E-state index is -4.57. The Bertz CT molecular complexity index is 201. The third-order valence-corrected chi connectivity index (χ3v) is 2.47. The van der Waals surface area contributed by atoms with Gasteiger partial charge >= 0.3 is 13.8 Å². The Morgan fingerprint density at radius 2 is 1.53 bits per heavy atom. The molecule has 0 aliphatic heterocycles. The highest BCUT2D eigenvalue weighted by Gasteiger charge is 2.16. The van der Waals surface area contributed by atoms with Crippen molar-refractivity contribution >= 4 is 13.8 Å². The molecule has 5 nitrogen and oxygen atoms in total. The van der Waals surface area contributed by atoms with Crippen molar-refractivity contribution in [2.45, 2.75) is 47.0 Å². The molecule has 0 aromatic rings. The van der Waals surface area contributed by atoms with Crippen LogP contribution >= 0.6 is 7.82 Å². The molecule has 0 aromatic heterocycles. The lowest BCUT2D eigenvalue weighted by Crippen LogP contribution is -1.94. The van der Waals surface area contributed by atoms with E-state index in [0.29, 0.717) is 0 Å². The number of carbonyl (C=O) groups excluding carboxylic acids is 1. The van der Waals surface area contributed by atoms with Crippen LogP contribution in [0.2, 0.25) is 0 Å². The summed E-state index contributed by atoms with van der Waals surface area (Å²) in [7, 11) is -4.57. The normalized spacial score (nSPS) is 10.6. The van der Waals surface area contributed by atoms with Crippen molar-refractivity contribution in [1.29, 1.82) is 0 Å². The second kappa shape index (κ2) is 8.89. The molecule has 0 aliphatic carbocycles. The average Bonchev–Trinajstić information content (AvgIpc) is 2.03. The molecule has 0 bridgehead atoms. The second-order valence-electron chi connectivity index (χ2n) is 3.16. The molecule has 0 amide bonds. The number of phosphoric ester groups is 1. The van der Waals surface area contributed by atoms with Gasteiger partial charge in [0.15, 0.2) is 0 Å². The molecule has 0 heterocycles. The van der Waals surface area contributed by atoms with Crippen LogP contribution in [-0.4, -0.2) is 15.8 Å². The molecule has 92 valence electrons. The van der Waals surface area contributed by atoms with Gasteiger partial charge in [0.25, 0.3) is 0 Å². The summed E-state index contributed by atoms with van der Waals surface area (Å²) in [5.74, 6) is -0.00154. The summed E-state index contributed by atoms with van der Waals surface area (Å²) in [6.45, 7) is 7.70. The minimum absolute atomic E-state index is 0.916. The van der Waals surface area contributed by atoms with Crippen molar-refractivity contribution in [2.75, 3.05) is 0 Å². The molecule has 0 aromatic carbocycles. The monoisotopic (exact) mass is 240 g/mol. The smallest absolute Gasteiger partial charge is 0.371 e. The summed E-state index contributed by atoms with van der Waals surface area (Å²) in [6, 6.07) is 0. The van der Waals surface area contributed by atoms with Crippen LogP contribution < -0.4 is 0 Å². The van der Waals surface area contributed by atoms with Gasteiger partial charge in [0, 0.05) is 6.92 Å². The Kier molecular flexibility index (Phi) is 10.1. The number of phosphoric acid groups is 1. The Balaban J connectivity index is 0. The van der Waals surface area contributed by atoms with E-state index in [1.807, 2.05) is 0 Å². The molecule has 6 heteroatoms. The second-order valence-corrected chi connectivity index (χ2v) is 4.33. The van der Waals surface area contributed by atoms with Gasteiger partial charge in [-0.15, -0.1) is 0 Å². The maximum absolute atomic E-state index is 9.74. The molecule has 0 unspecified atom stereocenters. The van der Waals surface area contributed by atoms with Crippen LogP contribution in [0, 0.1) is 5.92 Å². The van der Waals surface area contributed by atoms with E-state index in [0.717, 1.165) is 12.8 Å². The van der Waals surface area contributed by atoms with Crippen molar-refractivity contribution in [3.05, 3.63) is 0 Å². The summed E-state index contributed by atoms with van der Waals surface area (Å²) < 4.78 is 13.2. The Hall–Kier alpha value is -0.380. The molecular formula is C9H21O5P. The fraction of sp³-hybridized carbons (Fsp3) is 0.889. The van der Waals surface area contributed by atoms with Gasteiger partial charge in [0.1, 0.15) is 0 Å². The predicted octanol–water partition coefficient (Wildman–Crippen LogP) is 2.47. The van der Waals surface area contributed by atoms with Crippen molar-refractivity contribution in [3.63, 3.8) is 0 Å². The fourth-order valence-electron chi connectivity index (χ4n) is 1.03. The molecule has 0 saturated heterocycles. The van der Waals surface area contributed by atoms with Crippen LogP contribution in [0.1, 0.15) is 47.0 Å². The van der Waals surface area contributed by atoms with Gasteiger partial charge in [-0.05, 0) is 5.92 Å². The first kappa shape index (κ1) is 17.0. The van der Waals surface area contributed by atoms with Crippen LogP contribution in [0.5, 0.6) is 0 Å². The third kappa shape index (κ3) is 16.3. The largest absolute Gasteiger partial charge is 0.526 e. The van der Waals surface area contributed by atoms with E-state index in [1.54, 1.807) is 0 Å². The quantitative estimate of drug-likeness (QED) is 0.737. The van der Waals surface area contributed by atoms with Gasteiger partial charge in [-0.2, -0.15) is 0 Å². The Morgan fingerprint density at radius 3 is 1.53 bits per heavy atom. The standard InChI is InChI=1S/C7H16.C2H5O5P/c1-4-7(5-2)6-3;1-2(3)7-8(4,5)6/h7H,4-6H2,1-3H3;1H3,(H2,4,5,6). The highest BCUT2D eigenvalue weighted by molar-refractivity contribution is 7.46. The van der Waals surface area contributed by atoms with Crippen molar-refractivity contribution in [3.8, 4) is 0 Å². The number of hydrogen-bond acceptors (Lipinski definition) is 3. The van der Waals surface area contributed by atoms with E-state index in [1.165, 1.54) is 19.3 Å². The minimum Gasteiger partial charge on any atom is -0.371 e. The topological polar surface area (TPSA) is 83.8 Å². The zero-order chi connectivity index (χ0) is 12.5. The van der Waals surface area contributed by atoms with Crippen LogP contribution in [-0.2, 0) is 13.9 Å². The number of rotatable bonds is 4. The molecule has 15 heavy (non-hydrogen) atoms. The summed E-state index contributed by atoms with van der Waals surface area (Å²) in [5.41, 5.74) is 0. The van der Waals surface area contributed by atoms with Gasteiger partial charge in [0.05, 0.1) is 0 Å². The van der Waals surface area contributed by atoms with E-state index in [2.05, 4.69) is 25.3 Å². The lowest BCUT2D eigenvalue weighted by atomic mass is 10.0. The molecule has 0 aliphatic rings. The van der Waals surface area contributed by atoms with Gasteiger partial charge in [-0.1, -0.05) is 40.0 Å². The zero-order valence-corrected chi connectivity index (χ0v) is 10.7. The molecule has 0 atom stereocenters. The SMILES string of the molecule is CC(=O)OP(=O)(O)O.CCC(CC)CC. The molecule has 0 spiro atoms. The van der Waals surface area contributed by atoms with Gasteiger partial charge < -0.3 is 4.52 Å². The lowest BCUT2D eigenvalue weighted by molar-refractivity contribution is -0.133. The van der Waals surface area contributed by atoms with Crippen molar-refractivity contribution in [1.82, 2.24) is 0 Å². The van der Waals surface area contributed by atoms with Crippen LogP contribution in [0.25, 0.3) is 0 Å². The first-order valence-electron chi connectivity index (χ1n) is 5.02. The van der Waals surface area contributed by atoms with Gasteiger partial charge in [-0.3, -0.25) is 14.6 Å². The number of carbonyl (C=O) groups is 1. The van der Waals surface area contributed by atoms with Crippen LogP contribution in [0.15, 0.2) is 0 Å². The van der Waals surface area contributed by atoms with E-state index in [-0.39, 0.29) is 0 Å². The summed E-state index contributed by atoms with van der Waals surface area (Å²) >= 11 is 0.